The predicted octanol–water partition coefficient (Wildman–Crippen LogP) is 2.39. The van der Waals surface area contributed by atoms with Gasteiger partial charge >= 0.3 is 5.78 Å². The zero-order valence-corrected chi connectivity index (χ0v) is 10.1. The van der Waals surface area contributed by atoms with Crippen molar-refractivity contribution in [1.82, 2.24) is 0 Å². The second kappa shape index (κ2) is 4.42. The van der Waals surface area contributed by atoms with Crippen LogP contribution in [0.4, 0.5) is 0 Å². The Morgan fingerprint density at radius 2 is 1.71 bits per heavy atom. The Balaban J connectivity index is 2.62. The molecular weight excluding hydrogens is 192 g/mol. The van der Waals surface area contributed by atoms with Crippen LogP contribution in [0.3, 0.4) is 0 Å². The van der Waals surface area contributed by atoms with E-state index in [0.29, 0.717) is 0 Å². The maximum Gasteiger partial charge on any atom is 0.319 e. The number of carbonyl (C=O) groups excluding carboxylic acids is 1. The molecule has 0 radical (unpaired) electrons. The lowest BCUT2D eigenvalue weighted by Gasteiger charge is -2.20. The highest BCUT2D eigenvalue weighted by Crippen LogP contribution is 2.09. The van der Waals surface area contributed by atoms with Crippen molar-refractivity contribution in [3.8, 4) is 0 Å². The van der Waals surface area contributed by atoms with E-state index in [9.17, 15) is 0 Å². The molecule has 0 atom stereocenters. The van der Waals surface area contributed by atoms with Crippen LogP contribution in [0, 0.1) is 6.26 Å². The minimum Gasteiger partial charge on any atom is -0.609 e. The molecule has 0 amide bonds. The summed E-state index contributed by atoms with van der Waals surface area (Å²) in [6, 6.07) is 0. The molecule has 0 saturated carbocycles. The SMILES string of the molecule is C[O+]=C1C=CC(=[C-]O[Si](C)(C)C)C=C1. The molecule has 3 heteroatoms. The number of ketones is 1. The van der Waals surface area contributed by atoms with Crippen molar-refractivity contribution < 1.29 is 8.85 Å². The molecule has 0 spiro atoms. The van der Waals surface area contributed by atoms with Crippen molar-refractivity contribution in [2.24, 2.45) is 0 Å². The summed E-state index contributed by atoms with van der Waals surface area (Å²) in [6.07, 6.45) is 10.6. The third kappa shape index (κ3) is 3.74. The van der Waals surface area contributed by atoms with E-state index in [4.69, 9.17) is 8.85 Å². The van der Waals surface area contributed by atoms with Crippen LogP contribution in [0.25, 0.3) is 0 Å². The van der Waals surface area contributed by atoms with Gasteiger partial charge in [-0.25, -0.2) is 0 Å². The number of rotatable bonds is 2. The Bertz CT molecular complexity index is 299. The van der Waals surface area contributed by atoms with Gasteiger partial charge in [-0.15, -0.1) is 0 Å². The zero-order chi connectivity index (χ0) is 10.6. The molecule has 0 aromatic carbocycles. The van der Waals surface area contributed by atoms with Gasteiger partial charge in [0.05, 0.1) is 0 Å². The average Bonchev–Trinajstić information content (AvgIpc) is 2.14. The maximum absolute atomic E-state index is 5.54. The van der Waals surface area contributed by atoms with Crippen molar-refractivity contribution in [3.05, 3.63) is 36.1 Å². The molecule has 1 aliphatic carbocycles. The van der Waals surface area contributed by atoms with Gasteiger partial charge in [-0.3, -0.25) is 4.42 Å². The van der Waals surface area contributed by atoms with E-state index in [2.05, 4.69) is 25.9 Å². The fourth-order valence-electron chi connectivity index (χ4n) is 0.871. The number of hydrogen-bond acceptors (Lipinski definition) is 1. The minimum atomic E-state index is -1.50. The Hall–Kier alpha value is -1.09. The van der Waals surface area contributed by atoms with Crippen LogP contribution in [-0.4, -0.2) is 21.2 Å². The maximum atomic E-state index is 5.54. The summed E-state index contributed by atoms with van der Waals surface area (Å²) >= 11 is 0. The lowest BCUT2D eigenvalue weighted by Crippen LogP contribution is -2.22. The van der Waals surface area contributed by atoms with Crippen LogP contribution in [0.15, 0.2) is 29.9 Å². The zero-order valence-electron chi connectivity index (χ0n) is 9.13. The lowest BCUT2D eigenvalue weighted by molar-refractivity contribution is -0.417. The Kier molecular flexibility index (Phi) is 3.47. The summed E-state index contributed by atoms with van der Waals surface area (Å²) in [5.74, 6) is 0.851. The Labute approximate surface area is 86.4 Å². The molecule has 0 heterocycles. The molecule has 0 saturated heterocycles. The third-order valence-corrected chi connectivity index (χ3v) is 2.28. The summed E-state index contributed by atoms with van der Waals surface area (Å²) in [5, 5.41) is 0. The molecule has 0 N–H and O–H groups in total. The van der Waals surface area contributed by atoms with Crippen LogP contribution >= 0.6 is 0 Å². The fraction of sp³-hybridized carbons (Fsp3) is 0.364. The average molecular weight is 208 g/mol. The lowest BCUT2D eigenvalue weighted by atomic mass is 10.1. The predicted molar refractivity (Wildman–Crippen MR) is 60.4 cm³/mol. The van der Waals surface area contributed by atoms with Gasteiger partial charge in [0, 0.05) is 0 Å². The first-order valence-electron chi connectivity index (χ1n) is 4.59. The third-order valence-electron chi connectivity index (χ3n) is 1.57. The van der Waals surface area contributed by atoms with Crippen molar-refractivity contribution in [2.75, 3.05) is 7.11 Å². The molecule has 14 heavy (non-hydrogen) atoms. The molecule has 1 rings (SSSR count). The fourth-order valence-corrected chi connectivity index (χ4v) is 1.30. The van der Waals surface area contributed by atoms with Gasteiger partial charge in [0.25, 0.3) is 7.11 Å². The second-order valence-electron chi connectivity index (χ2n) is 4.04. The molecule has 2 nitrogen and oxygen atoms in total. The minimum absolute atomic E-state index is 0.851. The molecular formula is C11H16O2Si. The first-order valence-corrected chi connectivity index (χ1v) is 8.00. The molecule has 76 valence electrons. The molecule has 0 bridgehead atoms. The monoisotopic (exact) mass is 208 g/mol. The van der Waals surface area contributed by atoms with Gasteiger partial charge in [0.15, 0.2) is 0 Å². The van der Waals surface area contributed by atoms with E-state index in [1.807, 2.05) is 24.3 Å². The van der Waals surface area contributed by atoms with Crippen molar-refractivity contribution in [3.63, 3.8) is 0 Å². The van der Waals surface area contributed by atoms with Crippen molar-refractivity contribution >= 4 is 14.1 Å². The first kappa shape index (κ1) is 11.0. The normalized spacial score (nSPS) is 15.7. The van der Waals surface area contributed by atoms with Crippen LogP contribution in [0.1, 0.15) is 0 Å². The van der Waals surface area contributed by atoms with Gasteiger partial charge in [-0.2, -0.15) is 17.7 Å². The van der Waals surface area contributed by atoms with Gasteiger partial charge in [0.1, 0.15) is 0 Å². The standard InChI is InChI=1S/C11H16O2Si/c1-12-11-7-5-10(6-8-11)9-13-14(2,3)4/h5-8H,1-4H3. The van der Waals surface area contributed by atoms with Crippen LogP contribution in [0.2, 0.25) is 19.6 Å². The summed E-state index contributed by atoms with van der Waals surface area (Å²) < 4.78 is 10.6. The molecule has 1 aliphatic rings. The van der Waals surface area contributed by atoms with Gasteiger partial charge in [0.2, 0.25) is 8.32 Å². The highest BCUT2D eigenvalue weighted by Gasteiger charge is 2.11. The van der Waals surface area contributed by atoms with E-state index < -0.39 is 8.32 Å². The molecule has 0 aromatic heterocycles. The summed E-state index contributed by atoms with van der Waals surface area (Å²) in [7, 11) is 0.150. The van der Waals surface area contributed by atoms with Crippen LogP contribution in [0.5, 0.6) is 0 Å². The van der Waals surface area contributed by atoms with E-state index in [0.717, 1.165) is 11.4 Å². The largest absolute Gasteiger partial charge is 0.609 e. The topological polar surface area (TPSA) is 20.5 Å². The van der Waals surface area contributed by atoms with Crippen LogP contribution in [-0.2, 0) is 8.85 Å². The summed E-state index contributed by atoms with van der Waals surface area (Å²) in [4.78, 5) is 0. The summed E-state index contributed by atoms with van der Waals surface area (Å²) in [5.41, 5.74) is 0.952. The van der Waals surface area contributed by atoms with E-state index in [-0.39, 0.29) is 0 Å². The van der Waals surface area contributed by atoms with E-state index in [1.165, 1.54) is 0 Å². The van der Waals surface area contributed by atoms with Gasteiger partial charge in [-0.1, -0.05) is 0 Å². The number of allylic oxidation sites excluding steroid dienone is 5. The van der Waals surface area contributed by atoms with Gasteiger partial charge in [-0.05, 0) is 38.1 Å². The molecule has 0 fully saturated rings. The Morgan fingerprint density at radius 1 is 1.14 bits per heavy atom. The smallest absolute Gasteiger partial charge is 0.319 e. The first-order chi connectivity index (χ1) is 6.51. The Morgan fingerprint density at radius 3 is 2.14 bits per heavy atom. The highest BCUT2D eigenvalue weighted by molar-refractivity contribution is 6.69. The van der Waals surface area contributed by atoms with Crippen molar-refractivity contribution in [2.45, 2.75) is 19.6 Å². The highest BCUT2D eigenvalue weighted by atomic mass is 28.4. The molecule has 0 aromatic rings. The van der Waals surface area contributed by atoms with Gasteiger partial charge < -0.3 is 4.43 Å². The van der Waals surface area contributed by atoms with Crippen molar-refractivity contribution in [1.29, 1.82) is 0 Å². The quantitative estimate of drug-likeness (QED) is 0.295. The van der Waals surface area contributed by atoms with Crippen LogP contribution < -0.4 is 0 Å². The second-order valence-corrected chi connectivity index (χ2v) is 8.47. The molecule has 0 unspecified atom stereocenters. The van der Waals surface area contributed by atoms with E-state index >= 15 is 0 Å². The summed E-state index contributed by atoms with van der Waals surface area (Å²) in [6.45, 7) is 6.39. The molecule has 0 aliphatic heterocycles. The van der Waals surface area contributed by atoms with E-state index in [1.54, 1.807) is 7.11 Å². The number of hydrogen-bond donors (Lipinski definition) is 0.